The van der Waals surface area contributed by atoms with E-state index in [1.54, 1.807) is 21.0 Å². The number of nitrogens with zero attached hydrogens (tertiary/aromatic N) is 3. The predicted octanol–water partition coefficient (Wildman–Crippen LogP) is 1.76. The molecule has 0 aliphatic carbocycles. The van der Waals surface area contributed by atoms with Crippen LogP contribution in [0, 0.1) is 11.8 Å². The van der Waals surface area contributed by atoms with Gasteiger partial charge < -0.3 is 4.74 Å². The Kier molecular flexibility index (Phi) is 4.89. The van der Waals surface area contributed by atoms with Crippen LogP contribution in [-0.2, 0) is 10.2 Å². The molecule has 2 fully saturated rings. The van der Waals surface area contributed by atoms with Crippen molar-refractivity contribution in [2.24, 2.45) is 11.8 Å². The van der Waals surface area contributed by atoms with Crippen LogP contribution in [0.15, 0.2) is 24.5 Å². The molecule has 3 atom stereocenters. The van der Waals surface area contributed by atoms with Crippen LogP contribution in [0.1, 0.15) is 26.7 Å². The van der Waals surface area contributed by atoms with Gasteiger partial charge in [0.1, 0.15) is 11.9 Å². The van der Waals surface area contributed by atoms with Gasteiger partial charge in [-0.3, -0.25) is 4.98 Å². The smallest absolute Gasteiger partial charge is 0.282 e. The van der Waals surface area contributed by atoms with Crippen LogP contribution in [0.5, 0.6) is 5.75 Å². The molecule has 0 aromatic carbocycles. The van der Waals surface area contributed by atoms with Crippen LogP contribution < -0.4 is 4.74 Å². The van der Waals surface area contributed by atoms with Crippen molar-refractivity contribution in [2.45, 2.75) is 32.8 Å². The van der Waals surface area contributed by atoms with E-state index in [2.05, 4.69) is 18.8 Å². The van der Waals surface area contributed by atoms with Crippen LogP contribution in [0.3, 0.4) is 0 Å². The molecule has 0 saturated carbocycles. The van der Waals surface area contributed by atoms with E-state index in [1.165, 1.54) is 0 Å². The highest BCUT2D eigenvalue weighted by Gasteiger charge is 2.39. The Morgan fingerprint density at radius 2 is 1.91 bits per heavy atom. The number of hydrogen-bond acceptors (Lipinski definition) is 4. The van der Waals surface area contributed by atoms with Crippen molar-refractivity contribution in [3.63, 3.8) is 0 Å². The Hall–Kier alpha value is -1.18. The molecule has 6 nitrogen and oxygen atoms in total. The largest absolute Gasteiger partial charge is 0.487 e. The first-order chi connectivity index (χ1) is 10.9. The predicted molar refractivity (Wildman–Crippen MR) is 88.3 cm³/mol. The molecule has 2 aliphatic rings. The summed E-state index contributed by atoms with van der Waals surface area (Å²) in [5.74, 6) is 1.52. The second-order valence-corrected chi connectivity index (χ2v) is 8.77. The van der Waals surface area contributed by atoms with Crippen molar-refractivity contribution < 1.29 is 13.2 Å². The molecule has 2 saturated heterocycles. The zero-order valence-corrected chi connectivity index (χ0v) is 14.6. The fourth-order valence-electron chi connectivity index (χ4n) is 3.57. The van der Waals surface area contributed by atoms with Gasteiger partial charge in [-0.2, -0.15) is 17.0 Å². The molecule has 128 valence electrons. The van der Waals surface area contributed by atoms with Gasteiger partial charge in [-0.15, -0.1) is 0 Å². The molecule has 3 rings (SSSR count). The minimum absolute atomic E-state index is 0.103. The van der Waals surface area contributed by atoms with Crippen LogP contribution in [-0.4, -0.2) is 54.3 Å². The lowest BCUT2D eigenvalue weighted by Gasteiger charge is -2.36. The van der Waals surface area contributed by atoms with Crippen molar-refractivity contribution in [2.75, 3.05) is 26.2 Å². The zero-order chi connectivity index (χ0) is 16.4. The average Bonchev–Trinajstić information content (AvgIpc) is 2.96. The van der Waals surface area contributed by atoms with Crippen molar-refractivity contribution in [3.05, 3.63) is 24.5 Å². The molecule has 2 aliphatic heterocycles. The SMILES string of the molecule is C[C@@H]1C[C@H](C)CN(S(=O)(=O)N2CC[C@@H](Oc3cccnc3)C2)C1. The van der Waals surface area contributed by atoms with E-state index in [0.717, 1.165) is 6.42 Å². The molecular formula is C16H25N3O3S. The first kappa shape index (κ1) is 16.7. The second kappa shape index (κ2) is 6.75. The second-order valence-electron chi connectivity index (χ2n) is 6.85. The summed E-state index contributed by atoms with van der Waals surface area (Å²) >= 11 is 0. The van der Waals surface area contributed by atoms with Gasteiger partial charge in [0.2, 0.25) is 0 Å². The van der Waals surface area contributed by atoms with E-state index >= 15 is 0 Å². The van der Waals surface area contributed by atoms with Crippen LogP contribution >= 0.6 is 0 Å². The lowest BCUT2D eigenvalue weighted by Crippen LogP contribution is -2.49. The van der Waals surface area contributed by atoms with Gasteiger partial charge in [0.15, 0.2) is 0 Å². The Morgan fingerprint density at radius 1 is 1.17 bits per heavy atom. The maximum Gasteiger partial charge on any atom is 0.282 e. The van der Waals surface area contributed by atoms with Gasteiger partial charge >= 0.3 is 0 Å². The summed E-state index contributed by atoms with van der Waals surface area (Å²) in [4.78, 5) is 4.02. The topological polar surface area (TPSA) is 62.7 Å². The lowest BCUT2D eigenvalue weighted by molar-refractivity contribution is 0.199. The fraction of sp³-hybridized carbons (Fsp3) is 0.688. The molecule has 0 N–H and O–H groups in total. The van der Waals surface area contributed by atoms with E-state index in [1.807, 2.05) is 12.1 Å². The van der Waals surface area contributed by atoms with Gasteiger partial charge in [0.05, 0.1) is 12.7 Å². The van der Waals surface area contributed by atoms with Gasteiger partial charge in [-0.1, -0.05) is 13.8 Å². The number of rotatable bonds is 4. The minimum atomic E-state index is -3.38. The molecular weight excluding hydrogens is 314 g/mol. The normalized spacial score (nSPS) is 30.4. The minimum Gasteiger partial charge on any atom is -0.487 e. The van der Waals surface area contributed by atoms with E-state index < -0.39 is 10.2 Å². The number of aromatic nitrogens is 1. The molecule has 0 amide bonds. The molecule has 0 unspecified atom stereocenters. The summed E-state index contributed by atoms with van der Waals surface area (Å²) in [5, 5.41) is 0. The van der Waals surface area contributed by atoms with Crippen LogP contribution in [0.25, 0.3) is 0 Å². The summed E-state index contributed by atoms with van der Waals surface area (Å²) < 4.78 is 34.8. The number of hydrogen-bond donors (Lipinski definition) is 0. The van der Waals surface area contributed by atoms with E-state index in [9.17, 15) is 8.42 Å². The summed E-state index contributed by atoms with van der Waals surface area (Å²) in [6.45, 7) is 6.42. The molecule has 0 bridgehead atoms. The van der Waals surface area contributed by atoms with Crippen molar-refractivity contribution >= 4 is 10.2 Å². The highest BCUT2D eigenvalue weighted by Crippen LogP contribution is 2.27. The number of pyridine rings is 1. The lowest BCUT2D eigenvalue weighted by atomic mass is 9.94. The molecule has 1 aromatic heterocycles. The summed E-state index contributed by atoms with van der Waals surface area (Å²) in [6, 6.07) is 3.66. The molecule has 23 heavy (non-hydrogen) atoms. The number of piperidine rings is 1. The third kappa shape index (κ3) is 3.84. The van der Waals surface area contributed by atoms with Crippen molar-refractivity contribution in [1.29, 1.82) is 0 Å². The molecule has 7 heteroatoms. The Balaban J connectivity index is 1.63. The van der Waals surface area contributed by atoms with Gasteiger partial charge in [-0.05, 0) is 36.8 Å². The highest BCUT2D eigenvalue weighted by atomic mass is 32.2. The molecule has 1 aromatic rings. The summed E-state index contributed by atoms with van der Waals surface area (Å²) in [7, 11) is -3.38. The third-order valence-electron chi connectivity index (χ3n) is 4.53. The summed E-state index contributed by atoms with van der Waals surface area (Å²) in [6.07, 6.45) is 5.06. The standard InChI is InChI=1S/C16H25N3O3S/c1-13-8-14(2)11-19(10-13)23(20,21)18-7-5-16(12-18)22-15-4-3-6-17-9-15/h3-4,6,9,13-14,16H,5,7-8,10-12H2,1-2H3/t13-,14+,16-/m1/s1. The average molecular weight is 339 g/mol. The highest BCUT2D eigenvalue weighted by molar-refractivity contribution is 7.86. The quantitative estimate of drug-likeness (QED) is 0.838. The molecule has 0 radical (unpaired) electrons. The van der Waals surface area contributed by atoms with Gasteiger partial charge in [0.25, 0.3) is 10.2 Å². The zero-order valence-electron chi connectivity index (χ0n) is 13.8. The third-order valence-corrected chi connectivity index (χ3v) is 6.47. The first-order valence-electron chi connectivity index (χ1n) is 8.27. The molecule has 0 spiro atoms. The van der Waals surface area contributed by atoms with Gasteiger partial charge in [-0.25, -0.2) is 0 Å². The van der Waals surface area contributed by atoms with Gasteiger partial charge in [0, 0.05) is 25.8 Å². The van der Waals surface area contributed by atoms with Crippen LogP contribution in [0.4, 0.5) is 0 Å². The van der Waals surface area contributed by atoms with E-state index in [0.29, 0.717) is 50.2 Å². The van der Waals surface area contributed by atoms with Crippen LogP contribution in [0.2, 0.25) is 0 Å². The Morgan fingerprint density at radius 3 is 2.57 bits per heavy atom. The first-order valence-corrected chi connectivity index (χ1v) is 9.66. The maximum absolute atomic E-state index is 12.9. The van der Waals surface area contributed by atoms with E-state index in [4.69, 9.17) is 4.74 Å². The Bertz CT molecular complexity index is 613. The maximum atomic E-state index is 12.9. The Labute approximate surface area is 138 Å². The fourth-order valence-corrected chi connectivity index (χ4v) is 5.47. The van der Waals surface area contributed by atoms with E-state index in [-0.39, 0.29) is 6.10 Å². The monoisotopic (exact) mass is 339 g/mol. The molecule has 3 heterocycles. The van der Waals surface area contributed by atoms with Crippen molar-refractivity contribution in [1.82, 2.24) is 13.6 Å². The van der Waals surface area contributed by atoms with Crippen molar-refractivity contribution in [3.8, 4) is 5.75 Å². The number of ether oxygens (including phenoxy) is 1. The summed E-state index contributed by atoms with van der Waals surface area (Å²) in [5.41, 5.74) is 0.